The van der Waals surface area contributed by atoms with Crippen LogP contribution in [0.5, 0.6) is 0 Å². The summed E-state index contributed by atoms with van der Waals surface area (Å²) in [6.07, 6.45) is 2.86. The van der Waals surface area contributed by atoms with Gasteiger partial charge in [-0.05, 0) is 23.9 Å². The summed E-state index contributed by atoms with van der Waals surface area (Å²) in [5, 5.41) is 3.21. The molecule has 2 N–H and O–H groups in total. The number of anilines is 1. The molecule has 4 nitrogen and oxygen atoms in total. The van der Waals surface area contributed by atoms with Gasteiger partial charge in [-0.3, -0.25) is 0 Å². The summed E-state index contributed by atoms with van der Waals surface area (Å²) in [6.45, 7) is 0.893. The van der Waals surface area contributed by atoms with Crippen LogP contribution in [0.3, 0.4) is 0 Å². The van der Waals surface area contributed by atoms with E-state index in [0.29, 0.717) is 5.82 Å². The Bertz CT molecular complexity index is 909. The zero-order valence-corrected chi connectivity index (χ0v) is 12.2. The van der Waals surface area contributed by atoms with E-state index in [1.54, 1.807) is 11.3 Å². The molecule has 0 aliphatic carbocycles. The molecule has 104 valence electrons. The summed E-state index contributed by atoms with van der Waals surface area (Å²) in [5.74, 6) is 0.499. The maximum Gasteiger partial charge on any atom is 0.152 e. The van der Waals surface area contributed by atoms with E-state index in [1.165, 1.54) is 4.88 Å². The van der Waals surface area contributed by atoms with Gasteiger partial charge >= 0.3 is 0 Å². The number of hydrogen-bond donors (Lipinski definition) is 1. The third kappa shape index (κ3) is 2.06. The summed E-state index contributed by atoms with van der Waals surface area (Å²) < 4.78 is 2.18. The number of imidazole rings is 1. The molecule has 21 heavy (non-hydrogen) atoms. The summed E-state index contributed by atoms with van der Waals surface area (Å²) >= 11 is 1.79. The Morgan fingerprint density at radius 2 is 2.05 bits per heavy atom. The van der Waals surface area contributed by atoms with Crippen molar-refractivity contribution in [2.75, 3.05) is 5.73 Å². The summed E-state index contributed by atoms with van der Waals surface area (Å²) in [7, 11) is 0. The zero-order valence-electron chi connectivity index (χ0n) is 11.4. The van der Waals surface area contributed by atoms with Crippen LogP contribution in [0.15, 0.2) is 48.1 Å². The van der Waals surface area contributed by atoms with Crippen LogP contribution in [0.2, 0.25) is 0 Å². The Labute approximate surface area is 125 Å². The van der Waals surface area contributed by atoms with Crippen LogP contribution in [0, 0.1) is 0 Å². The van der Waals surface area contributed by atoms with Crippen molar-refractivity contribution in [3.05, 3.63) is 53.0 Å². The van der Waals surface area contributed by atoms with E-state index < -0.39 is 0 Å². The number of rotatable bonds is 3. The van der Waals surface area contributed by atoms with Crippen molar-refractivity contribution in [1.29, 1.82) is 0 Å². The van der Waals surface area contributed by atoms with Gasteiger partial charge in [-0.1, -0.05) is 24.3 Å². The minimum absolute atomic E-state index is 0.499. The normalized spacial score (nSPS) is 11.4. The first-order valence-corrected chi connectivity index (χ1v) is 7.72. The molecular formula is C16H14N4S. The van der Waals surface area contributed by atoms with Gasteiger partial charge in [0, 0.05) is 16.8 Å². The molecule has 0 saturated carbocycles. The first-order chi connectivity index (χ1) is 10.3. The number of thiophene rings is 1. The van der Waals surface area contributed by atoms with Crippen molar-refractivity contribution < 1.29 is 0 Å². The van der Waals surface area contributed by atoms with Crippen LogP contribution < -0.4 is 5.73 Å². The number of pyridine rings is 1. The van der Waals surface area contributed by atoms with Gasteiger partial charge in [-0.2, -0.15) is 0 Å². The zero-order chi connectivity index (χ0) is 14.2. The van der Waals surface area contributed by atoms with Crippen molar-refractivity contribution in [1.82, 2.24) is 14.5 Å². The SMILES string of the molecule is Nc1nc2ccccc2c2c1ncn2CCc1cccs1. The number of nitrogens with zero attached hydrogens (tertiary/aromatic N) is 3. The Hall–Kier alpha value is -2.40. The average Bonchev–Trinajstić information content (AvgIpc) is 3.15. The van der Waals surface area contributed by atoms with E-state index in [1.807, 2.05) is 24.5 Å². The highest BCUT2D eigenvalue weighted by Gasteiger charge is 2.11. The second-order valence-electron chi connectivity index (χ2n) is 4.98. The third-order valence-electron chi connectivity index (χ3n) is 3.66. The monoisotopic (exact) mass is 294 g/mol. The van der Waals surface area contributed by atoms with E-state index in [4.69, 9.17) is 5.73 Å². The molecule has 0 atom stereocenters. The highest BCUT2D eigenvalue weighted by Crippen LogP contribution is 2.27. The molecule has 5 heteroatoms. The Balaban J connectivity index is 1.85. The van der Waals surface area contributed by atoms with Gasteiger partial charge in [0.2, 0.25) is 0 Å². The predicted molar refractivity (Wildman–Crippen MR) is 87.5 cm³/mol. The number of benzene rings is 1. The Kier molecular flexibility index (Phi) is 2.86. The standard InChI is InChI=1S/C16H14N4S/c17-16-14-15(12-5-1-2-6-13(12)19-16)20(10-18-14)8-7-11-4-3-9-21-11/h1-6,9-10H,7-8H2,(H2,17,19). The lowest BCUT2D eigenvalue weighted by Gasteiger charge is -2.07. The minimum atomic E-state index is 0.499. The molecule has 1 aromatic carbocycles. The average molecular weight is 294 g/mol. The van der Waals surface area contributed by atoms with Crippen LogP contribution in [0.4, 0.5) is 5.82 Å². The van der Waals surface area contributed by atoms with Gasteiger partial charge in [-0.25, -0.2) is 9.97 Å². The Morgan fingerprint density at radius 1 is 1.14 bits per heavy atom. The molecule has 0 aliphatic heterocycles. The summed E-state index contributed by atoms with van der Waals surface area (Å²) in [6, 6.07) is 12.3. The second kappa shape index (κ2) is 4.86. The molecule has 0 amide bonds. The maximum absolute atomic E-state index is 6.04. The van der Waals surface area contributed by atoms with Crippen molar-refractivity contribution in [2.24, 2.45) is 0 Å². The molecule has 0 spiro atoms. The van der Waals surface area contributed by atoms with E-state index in [9.17, 15) is 0 Å². The minimum Gasteiger partial charge on any atom is -0.382 e. The number of para-hydroxylation sites is 1. The number of aromatic nitrogens is 3. The first kappa shape index (κ1) is 12.3. The maximum atomic E-state index is 6.04. The molecule has 0 aliphatic rings. The molecule has 0 saturated heterocycles. The fraction of sp³-hybridized carbons (Fsp3) is 0.125. The molecule has 4 aromatic rings. The van der Waals surface area contributed by atoms with E-state index >= 15 is 0 Å². The Morgan fingerprint density at radius 3 is 2.90 bits per heavy atom. The smallest absolute Gasteiger partial charge is 0.152 e. The number of nitrogen functional groups attached to an aromatic ring is 1. The topological polar surface area (TPSA) is 56.7 Å². The van der Waals surface area contributed by atoms with E-state index in [2.05, 4.69) is 38.1 Å². The van der Waals surface area contributed by atoms with Gasteiger partial charge in [0.15, 0.2) is 5.82 Å². The van der Waals surface area contributed by atoms with Crippen LogP contribution in [0.25, 0.3) is 21.9 Å². The van der Waals surface area contributed by atoms with Gasteiger partial charge in [-0.15, -0.1) is 11.3 Å². The number of fused-ring (bicyclic) bond motifs is 3. The third-order valence-corrected chi connectivity index (χ3v) is 4.60. The highest BCUT2D eigenvalue weighted by molar-refractivity contribution is 7.09. The molecule has 0 fully saturated rings. The molecule has 0 bridgehead atoms. The van der Waals surface area contributed by atoms with Crippen molar-refractivity contribution >= 4 is 39.1 Å². The highest BCUT2D eigenvalue weighted by atomic mass is 32.1. The molecule has 3 heterocycles. The fourth-order valence-corrected chi connectivity index (χ4v) is 3.36. The largest absolute Gasteiger partial charge is 0.382 e. The summed E-state index contributed by atoms with van der Waals surface area (Å²) in [4.78, 5) is 10.3. The van der Waals surface area contributed by atoms with Crippen LogP contribution in [-0.4, -0.2) is 14.5 Å². The van der Waals surface area contributed by atoms with Gasteiger partial charge in [0.25, 0.3) is 0 Å². The second-order valence-corrected chi connectivity index (χ2v) is 6.01. The van der Waals surface area contributed by atoms with Crippen LogP contribution >= 0.6 is 11.3 Å². The van der Waals surface area contributed by atoms with E-state index in [-0.39, 0.29) is 0 Å². The fourth-order valence-electron chi connectivity index (χ4n) is 2.66. The van der Waals surface area contributed by atoms with Crippen molar-refractivity contribution in [3.63, 3.8) is 0 Å². The molecule has 4 rings (SSSR count). The number of hydrogen-bond acceptors (Lipinski definition) is 4. The van der Waals surface area contributed by atoms with Crippen LogP contribution in [-0.2, 0) is 13.0 Å². The van der Waals surface area contributed by atoms with Crippen LogP contribution in [0.1, 0.15) is 4.88 Å². The molecular weight excluding hydrogens is 280 g/mol. The van der Waals surface area contributed by atoms with Crippen molar-refractivity contribution in [2.45, 2.75) is 13.0 Å². The molecule has 0 radical (unpaired) electrons. The lowest BCUT2D eigenvalue weighted by molar-refractivity contribution is 0.723. The molecule has 0 unspecified atom stereocenters. The first-order valence-electron chi connectivity index (χ1n) is 6.84. The number of nitrogens with two attached hydrogens (primary N) is 1. The quantitative estimate of drug-likeness (QED) is 0.629. The lowest BCUT2D eigenvalue weighted by atomic mass is 10.2. The van der Waals surface area contributed by atoms with E-state index in [0.717, 1.165) is 34.9 Å². The predicted octanol–water partition coefficient (Wildman–Crippen LogP) is 3.47. The van der Waals surface area contributed by atoms with Crippen molar-refractivity contribution in [3.8, 4) is 0 Å². The lowest BCUT2D eigenvalue weighted by Crippen LogP contribution is -2.00. The van der Waals surface area contributed by atoms with Gasteiger partial charge in [0.05, 0.1) is 17.4 Å². The molecule has 3 aromatic heterocycles. The van der Waals surface area contributed by atoms with Gasteiger partial charge in [0.1, 0.15) is 5.52 Å². The summed E-state index contributed by atoms with van der Waals surface area (Å²) in [5.41, 5.74) is 8.83. The number of aryl methyl sites for hydroxylation is 2. The van der Waals surface area contributed by atoms with Gasteiger partial charge < -0.3 is 10.3 Å².